The molecule has 3 aromatic heterocycles. The van der Waals surface area contributed by atoms with Gasteiger partial charge in [0, 0.05) is 37.6 Å². The minimum Gasteiger partial charge on any atom is -0.383 e. The Hall–Kier alpha value is -2.83. The highest BCUT2D eigenvalue weighted by Crippen LogP contribution is 2.28. The molecule has 1 N–H and O–H groups in total. The predicted octanol–water partition coefficient (Wildman–Crippen LogP) is 4.77. The van der Waals surface area contributed by atoms with Crippen molar-refractivity contribution in [2.75, 3.05) is 19.0 Å². The number of carbonyl (C=O) groups is 1. The summed E-state index contributed by atoms with van der Waals surface area (Å²) in [5.41, 5.74) is 3.09. The molecule has 0 fully saturated rings. The Bertz CT molecular complexity index is 1000. The average Bonchev–Trinajstić information content (AvgIpc) is 3.47. The van der Waals surface area contributed by atoms with E-state index in [-0.39, 0.29) is 11.9 Å². The highest BCUT2D eigenvalue weighted by atomic mass is 32.1. The zero-order chi connectivity index (χ0) is 19.3. The van der Waals surface area contributed by atoms with E-state index in [0.29, 0.717) is 13.0 Å². The number of amides is 1. The zero-order valence-corrected chi connectivity index (χ0v) is 16.6. The number of hydrogen-bond donors (Lipinski definition) is 1. The lowest BCUT2D eigenvalue weighted by Crippen LogP contribution is -2.19. The number of thiophene rings is 1. The van der Waals surface area contributed by atoms with Crippen molar-refractivity contribution in [2.24, 2.45) is 0 Å². The molecular weight excluding hydrogens is 370 g/mol. The van der Waals surface area contributed by atoms with Gasteiger partial charge >= 0.3 is 0 Å². The Labute approximate surface area is 168 Å². The second-order valence-corrected chi connectivity index (χ2v) is 7.48. The Kier molecular flexibility index (Phi) is 5.60. The Balaban J connectivity index is 1.54. The number of rotatable bonds is 8. The number of aromatic nitrogens is 2. The van der Waals surface area contributed by atoms with Crippen molar-refractivity contribution in [3.8, 4) is 0 Å². The van der Waals surface area contributed by atoms with Gasteiger partial charge in [0.2, 0.25) is 5.91 Å². The summed E-state index contributed by atoms with van der Waals surface area (Å²) in [4.78, 5) is 12.9. The lowest BCUT2D eigenvalue weighted by atomic mass is 10.1. The van der Waals surface area contributed by atoms with Crippen LogP contribution >= 0.6 is 11.3 Å². The average molecular weight is 394 g/mol. The van der Waals surface area contributed by atoms with Gasteiger partial charge in [0.1, 0.15) is 0 Å². The number of carbonyl (C=O) groups excluding carboxylic acids is 1. The number of hydrogen-bond acceptors (Lipinski definition) is 3. The number of fused-ring (bicyclic) bond motifs is 1. The number of benzene rings is 1. The number of nitrogens with one attached hydrogen (secondary N) is 1. The zero-order valence-electron chi connectivity index (χ0n) is 15.7. The minimum absolute atomic E-state index is 0.00189. The van der Waals surface area contributed by atoms with Crippen molar-refractivity contribution in [3.05, 3.63) is 77.4 Å². The first-order valence-electron chi connectivity index (χ1n) is 9.27. The third-order valence-electron chi connectivity index (χ3n) is 4.92. The van der Waals surface area contributed by atoms with Gasteiger partial charge in [-0.15, -0.1) is 0 Å². The molecule has 1 unspecified atom stereocenters. The molecule has 0 radical (unpaired) electrons. The van der Waals surface area contributed by atoms with Crippen LogP contribution in [0, 0.1) is 0 Å². The first-order chi connectivity index (χ1) is 13.8. The van der Waals surface area contributed by atoms with Gasteiger partial charge in [0.25, 0.3) is 0 Å². The SMILES string of the molecule is COCCn1ccc2c(NC(=O)CC(c3ccsc3)n3cccc3)cccc21. The van der Waals surface area contributed by atoms with Crippen molar-refractivity contribution in [1.82, 2.24) is 9.13 Å². The van der Waals surface area contributed by atoms with Crippen molar-refractivity contribution in [3.63, 3.8) is 0 Å². The molecule has 4 rings (SSSR count). The molecular formula is C22H23N3O2S. The topological polar surface area (TPSA) is 48.2 Å². The number of methoxy groups -OCH3 is 1. The van der Waals surface area contributed by atoms with Crippen molar-refractivity contribution >= 4 is 33.8 Å². The van der Waals surface area contributed by atoms with Crippen molar-refractivity contribution in [1.29, 1.82) is 0 Å². The molecule has 0 spiro atoms. The van der Waals surface area contributed by atoms with E-state index in [1.165, 1.54) is 0 Å². The molecule has 6 heteroatoms. The normalized spacial score (nSPS) is 12.3. The smallest absolute Gasteiger partial charge is 0.226 e. The van der Waals surface area contributed by atoms with Gasteiger partial charge in [-0.1, -0.05) is 6.07 Å². The minimum atomic E-state index is -0.00763. The van der Waals surface area contributed by atoms with E-state index in [0.717, 1.165) is 28.7 Å². The first kappa shape index (κ1) is 18.5. The first-order valence-corrected chi connectivity index (χ1v) is 10.2. The van der Waals surface area contributed by atoms with Gasteiger partial charge in [0.05, 0.1) is 30.3 Å². The fourth-order valence-corrected chi connectivity index (χ4v) is 4.22. The molecule has 28 heavy (non-hydrogen) atoms. The fourth-order valence-electron chi connectivity index (χ4n) is 3.51. The Morgan fingerprint density at radius 1 is 1.14 bits per heavy atom. The van der Waals surface area contributed by atoms with Crippen LogP contribution in [0.4, 0.5) is 5.69 Å². The van der Waals surface area contributed by atoms with E-state index in [1.807, 2.05) is 54.3 Å². The maximum Gasteiger partial charge on any atom is 0.226 e. The van der Waals surface area contributed by atoms with E-state index in [9.17, 15) is 4.79 Å². The summed E-state index contributed by atoms with van der Waals surface area (Å²) in [6.07, 6.45) is 6.43. The van der Waals surface area contributed by atoms with Crippen LogP contribution in [0.5, 0.6) is 0 Å². The number of ether oxygens (including phenoxy) is 1. The summed E-state index contributed by atoms with van der Waals surface area (Å²) >= 11 is 1.65. The Morgan fingerprint density at radius 3 is 2.75 bits per heavy atom. The molecule has 0 aliphatic heterocycles. The molecule has 1 atom stereocenters. The molecule has 5 nitrogen and oxygen atoms in total. The standard InChI is InChI=1S/C22H23N3O2S/c1-27-13-12-25-11-7-18-19(5-4-6-20(18)25)23-22(26)15-21(17-8-14-28-16-17)24-9-2-3-10-24/h2-11,14,16,21H,12-13,15H2,1H3,(H,23,26). The van der Waals surface area contributed by atoms with Gasteiger partial charge in [-0.3, -0.25) is 4.79 Å². The van der Waals surface area contributed by atoms with E-state index < -0.39 is 0 Å². The van der Waals surface area contributed by atoms with E-state index in [2.05, 4.69) is 32.0 Å². The van der Waals surface area contributed by atoms with E-state index in [1.54, 1.807) is 18.4 Å². The fraction of sp³-hybridized carbons (Fsp3) is 0.227. The van der Waals surface area contributed by atoms with Crippen LogP contribution in [-0.4, -0.2) is 28.8 Å². The summed E-state index contributed by atoms with van der Waals surface area (Å²) in [5, 5.41) is 8.31. The summed E-state index contributed by atoms with van der Waals surface area (Å²) in [5.74, 6) is 0.00189. The molecule has 3 heterocycles. The third kappa shape index (κ3) is 3.88. The quantitative estimate of drug-likeness (QED) is 0.469. The lowest BCUT2D eigenvalue weighted by Gasteiger charge is -2.18. The molecule has 1 amide bonds. The van der Waals surface area contributed by atoms with E-state index in [4.69, 9.17) is 4.74 Å². The van der Waals surface area contributed by atoms with Crippen LogP contribution in [0.25, 0.3) is 10.9 Å². The van der Waals surface area contributed by atoms with Crippen LogP contribution in [0.15, 0.2) is 71.8 Å². The predicted molar refractivity (Wildman–Crippen MR) is 114 cm³/mol. The molecule has 144 valence electrons. The molecule has 0 saturated heterocycles. The maximum atomic E-state index is 12.9. The molecule has 0 saturated carbocycles. The summed E-state index contributed by atoms with van der Waals surface area (Å²) in [7, 11) is 1.70. The van der Waals surface area contributed by atoms with Gasteiger partial charge in [-0.25, -0.2) is 0 Å². The van der Waals surface area contributed by atoms with Gasteiger partial charge in [-0.05, 0) is 52.7 Å². The van der Waals surface area contributed by atoms with Crippen molar-refractivity contribution < 1.29 is 9.53 Å². The largest absolute Gasteiger partial charge is 0.383 e. The highest BCUT2D eigenvalue weighted by Gasteiger charge is 2.18. The molecule has 0 aliphatic rings. The van der Waals surface area contributed by atoms with Crippen LogP contribution in [0.1, 0.15) is 18.0 Å². The summed E-state index contributed by atoms with van der Waals surface area (Å²) < 4.78 is 9.41. The molecule has 0 bridgehead atoms. The van der Waals surface area contributed by atoms with Gasteiger partial charge in [0.15, 0.2) is 0 Å². The van der Waals surface area contributed by atoms with Crippen molar-refractivity contribution in [2.45, 2.75) is 19.0 Å². The number of nitrogens with zero attached hydrogens (tertiary/aromatic N) is 2. The molecule has 0 aliphatic carbocycles. The molecule has 1 aromatic carbocycles. The van der Waals surface area contributed by atoms with Gasteiger partial charge < -0.3 is 19.2 Å². The van der Waals surface area contributed by atoms with Crippen LogP contribution in [-0.2, 0) is 16.1 Å². The summed E-state index contributed by atoms with van der Waals surface area (Å²) in [6, 6.07) is 14.1. The van der Waals surface area contributed by atoms with Crippen LogP contribution in [0.3, 0.4) is 0 Å². The van der Waals surface area contributed by atoms with Crippen LogP contribution < -0.4 is 5.32 Å². The lowest BCUT2D eigenvalue weighted by molar-refractivity contribution is -0.116. The second kappa shape index (κ2) is 8.46. The molecule has 4 aromatic rings. The van der Waals surface area contributed by atoms with Crippen LogP contribution in [0.2, 0.25) is 0 Å². The summed E-state index contributed by atoms with van der Waals surface area (Å²) in [6.45, 7) is 1.44. The third-order valence-corrected chi connectivity index (χ3v) is 5.62. The highest BCUT2D eigenvalue weighted by molar-refractivity contribution is 7.08. The van der Waals surface area contributed by atoms with E-state index >= 15 is 0 Å². The monoisotopic (exact) mass is 393 g/mol. The maximum absolute atomic E-state index is 12.9. The number of anilines is 1. The van der Waals surface area contributed by atoms with Gasteiger partial charge in [-0.2, -0.15) is 11.3 Å². The second-order valence-electron chi connectivity index (χ2n) is 6.70. The Morgan fingerprint density at radius 2 is 2.00 bits per heavy atom.